The lowest BCUT2D eigenvalue weighted by atomic mass is 10.3. The van der Waals surface area contributed by atoms with E-state index in [0.29, 0.717) is 24.4 Å². The molecule has 1 heterocycles. The fourth-order valence-corrected chi connectivity index (χ4v) is 3.07. The first-order valence-electron chi connectivity index (χ1n) is 5.04. The lowest BCUT2D eigenvalue weighted by Crippen LogP contribution is -2.30. The summed E-state index contributed by atoms with van der Waals surface area (Å²) in [5.74, 6) is -0.216. The highest BCUT2D eigenvalue weighted by atomic mass is 79.9. The number of halogens is 2. The largest absolute Gasteiger partial charge is 0.356 e. The molecule has 94 valence electrons. The van der Waals surface area contributed by atoms with Crippen molar-refractivity contribution in [1.82, 2.24) is 10.6 Å². The van der Waals surface area contributed by atoms with Crippen LogP contribution in [0.4, 0.5) is 0 Å². The van der Waals surface area contributed by atoms with Gasteiger partial charge in [0.15, 0.2) is 0 Å². The van der Waals surface area contributed by atoms with Crippen molar-refractivity contribution in [2.24, 2.45) is 0 Å². The second-order valence-electron chi connectivity index (χ2n) is 3.19. The molecule has 0 radical (unpaired) electrons. The molecule has 0 aliphatic carbocycles. The van der Waals surface area contributed by atoms with Gasteiger partial charge in [0.05, 0.1) is 8.66 Å². The van der Waals surface area contributed by atoms with Crippen LogP contribution in [-0.4, -0.2) is 24.9 Å². The number of thiophene rings is 1. The summed E-state index contributed by atoms with van der Waals surface area (Å²) in [5, 5.41) is 5.37. The minimum Gasteiger partial charge on any atom is -0.356 e. The predicted octanol–water partition coefficient (Wildman–Crippen LogP) is 2.53. The van der Waals surface area contributed by atoms with Crippen molar-refractivity contribution in [3.05, 3.63) is 19.2 Å². The summed E-state index contributed by atoms with van der Waals surface area (Å²) in [4.78, 5) is 23.4. The van der Waals surface area contributed by atoms with Gasteiger partial charge in [-0.15, -0.1) is 11.3 Å². The number of hydrogen-bond donors (Lipinski definition) is 2. The Bertz CT molecular complexity index is 401. The van der Waals surface area contributed by atoms with Gasteiger partial charge in [0.1, 0.15) is 0 Å². The zero-order valence-electron chi connectivity index (χ0n) is 9.18. The molecular formula is C10H12Br2N2O2S. The molecule has 0 fully saturated rings. The molecule has 1 rings (SSSR count). The van der Waals surface area contributed by atoms with Crippen LogP contribution in [0.1, 0.15) is 23.0 Å². The van der Waals surface area contributed by atoms with E-state index in [1.54, 1.807) is 6.07 Å². The fraction of sp³-hybridized carbons (Fsp3) is 0.400. The lowest BCUT2D eigenvalue weighted by molar-refractivity contribution is -0.120. The molecule has 2 N–H and O–H groups in total. The SMILES string of the molecule is CCNC(=O)CCNC(=O)c1cc(Br)c(Br)s1. The monoisotopic (exact) mass is 382 g/mol. The summed E-state index contributed by atoms with van der Waals surface area (Å²) in [6.45, 7) is 2.81. The maximum absolute atomic E-state index is 11.7. The van der Waals surface area contributed by atoms with Crippen LogP contribution in [-0.2, 0) is 4.79 Å². The van der Waals surface area contributed by atoms with Gasteiger partial charge in [-0.25, -0.2) is 0 Å². The average Bonchev–Trinajstić information content (AvgIpc) is 2.59. The Kier molecular flexibility index (Phi) is 6.15. The minimum atomic E-state index is -0.161. The van der Waals surface area contributed by atoms with Gasteiger partial charge < -0.3 is 10.6 Å². The van der Waals surface area contributed by atoms with E-state index in [4.69, 9.17) is 0 Å². The van der Waals surface area contributed by atoms with Gasteiger partial charge in [-0.3, -0.25) is 9.59 Å². The zero-order chi connectivity index (χ0) is 12.8. The molecule has 1 aromatic heterocycles. The number of carbonyl (C=O) groups is 2. The normalized spacial score (nSPS) is 10.1. The van der Waals surface area contributed by atoms with Crippen LogP contribution in [0.15, 0.2) is 14.3 Å². The summed E-state index contributed by atoms with van der Waals surface area (Å²) in [6.07, 6.45) is 0.299. The topological polar surface area (TPSA) is 58.2 Å². The Morgan fingerprint density at radius 1 is 1.35 bits per heavy atom. The maximum Gasteiger partial charge on any atom is 0.261 e. The molecule has 0 saturated carbocycles. The third-order valence-corrected chi connectivity index (χ3v) is 5.14. The molecule has 0 atom stereocenters. The summed E-state index contributed by atoms with van der Waals surface area (Å²) >= 11 is 7.99. The van der Waals surface area contributed by atoms with Crippen LogP contribution in [0.25, 0.3) is 0 Å². The number of nitrogens with one attached hydrogen (secondary N) is 2. The summed E-state index contributed by atoms with van der Waals surface area (Å²) in [7, 11) is 0. The van der Waals surface area contributed by atoms with E-state index in [9.17, 15) is 9.59 Å². The van der Waals surface area contributed by atoms with Crippen LogP contribution in [0.2, 0.25) is 0 Å². The van der Waals surface area contributed by atoms with Gasteiger partial charge in [-0.2, -0.15) is 0 Å². The summed E-state index contributed by atoms with van der Waals surface area (Å²) < 4.78 is 1.74. The summed E-state index contributed by atoms with van der Waals surface area (Å²) in [6, 6.07) is 1.75. The minimum absolute atomic E-state index is 0.0543. The van der Waals surface area contributed by atoms with E-state index < -0.39 is 0 Å². The van der Waals surface area contributed by atoms with E-state index in [1.165, 1.54) is 11.3 Å². The summed E-state index contributed by atoms with van der Waals surface area (Å²) in [5.41, 5.74) is 0. The molecule has 0 bridgehead atoms. The molecule has 0 unspecified atom stereocenters. The van der Waals surface area contributed by atoms with Crippen LogP contribution in [0.5, 0.6) is 0 Å². The molecule has 7 heteroatoms. The first kappa shape index (κ1) is 14.7. The lowest BCUT2D eigenvalue weighted by Gasteiger charge is -2.03. The van der Waals surface area contributed by atoms with Crippen molar-refractivity contribution < 1.29 is 9.59 Å². The highest BCUT2D eigenvalue weighted by molar-refractivity contribution is 9.13. The third kappa shape index (κ3) is 4.77. The van der Waals surface area contributed by atoms with Crippen LogP contribution in [0.3, 0.4) is 0 Å². The Morgan fingerprint density at radius 3 is 2.59 bits per heavy atom. The van der Waals surface area contributed by atoms with E-state index in [2.05, 4.69) is 42.5 Å². The zero-order valence-corrected chi connectivity index (χ0v) is 13.2. The molecule has 1 aromatic rings. The highest BCUT2D eigenvalue weighted by Crippen LogP contribution is 2.32. The van der Waals surface area contributed by atoms with E-state index in [1.807, 2.05) is 6.92 Å². The van der Waals surface area contributed by atoms with E-state index >= 15 is 0 Å². The van der Waals surface area contributed by atoms with Crippen LogP contribution >= 0.6 is 43.2 Å². The van der Waals surface area contributed by atoms with Crippen LogP contribution in [0, 0.1) is 0 Å². The third-order valence-electron chi connectivity index (χ3n) is 1.88. The standard InChI is InChI=1S/C10H12Br2N2O2S/c1-2-13-8(15)3-4-14-10(16)7-5-6(11)9(12)17-7/h5H,2-4H2,1H3,(H,13,15)(H,14,16). The molecule has 0 aliphatic heterocycles. The van der Waals surface area contributed by atoms with Gasteiger partial charge in [-0.05, 0) is 44.8 Å². The highest BCUT2D eigenvalue weighted by Gasteiger charge is 2.11. The Morgan fingerprint density at radius 2 is 2.06 bits per heavy atom. The Hall–Kier alpha value is -0.400. The maximum atomic E-state index is 11.7. The van der Waals surface area contributed by atoms with Gasteiger partial charge in [0.25, 0.3) is 5.91 Å². The van der Waals surface area contributed by atoms with Crippen LogP contribution < -0.4 is 10.6 Å². The molecule has 0 spiro atoms. The van der Waals surface area contributed by atoms with Gasteiger partial charge in [-0.1, -0.05) is 0 Å². The molecule has 4 nitrogen and oxygen atoms in total. The first-order valence-corrected chi connectivity index (χ1v) is 7.44. The van der Waals surface area contributed by atoms with Crippen molar-refractivity contribution in [3.63, 3.8) is 0 Å². The number of carbonyl (C=O) groups excluding carboxylic acids is 2. The van der Waals surface area contributed by atoms with Crippen molar-refractivity contribution in [3.8, 4) is 0 Å². The quantitative estimate of drug-likeness (QED) is 0.820. The molecule has 0 aliphatic rings. The molecule has 0 saturated heterocycles. The van der Waals surface area contributed by atoms with Crippen molar-refractivity contribution in [2.75, 3.05) is 13.1 Å². The molecular weight excluding hydrogens is 372 g/mol. The first-order chi connectivity index (χ1) is 8.04. The Labute approximate surface area is 120 Å². The number of hydrogen-bond acceptors (Lipinski definition) is 3. The molecule has 2 amide bonds. The number of rotatable bonds is 5. The smallest absolute Gasteiger partial charge is 0.261 e. The number of amides is 2. The van der Waals surface area contributed by atoms with E-state index in [0.717, 1.165) is 8.26 Å². The van der Waals surface area contributed by atoms with E-state index in [-0.39, 0.29) is 11.8 Å². The second kappa shape index (κ2) is 7.13. The average molecular weight is 384 g/mol. The van der Waals surface area contributed by atoms with Gasteiger partial charge in [0, 0.05) is 24.0 Å². The molecule has 0 aromatic carbocycles. The predicted molar refractivity (Wildman–Crippen MR) is 75.4 cm³/mol. The Balaban J connectivity index is 2.37. The second-order valence-corrected chi connectivity index (χ2v) is 6.42. The fourth-order valence-electron chi connectivity index (χ4n) is 1.12. The molecule has 17 heavy (non-hydrogen) atoms. The van der Waals surface area contributed by atoms with Crippen molar-refractivity contribution in [1.29, 1.82) is 0 Å². The van der Waals surface area contributed by atoms with Gasteiger partial charge in [0.2, 0.25) is 5.91 Å². The van der Waals surface area contributed by atoms with Gasteiger partial charge >= 0.3 is 0 Å². The van der Waals surface area contributed by atoms with Crippen molar-refractivity contribution >= 4 is 55.0 Å². The van der Waals surface area contributed by atoms with Crippen molar-refractivity contribution in [2.45, 2.75) is 13.3 Å².